The topological polar surface area (TPSA) is 30.2 Å². The highest BCUT2D eigenvalue weighted by Gasteiger charge is 2.06. The Morgan fingerprint density at radius 1 is 1.12 bits per heavy atom. The molecule has 2 heterocycles. The molecule has 0 aliphatic carbocycles. The molecule has 78 valence electrons. The minimum absolute atomic E-state index is 0.242. The summed E-state index contributed by atoms with van der Waals surface area (Å²) in [6.45, 7) is 0. The maximum atomic E-state index is 12.8. The van der Waals surface area contributed by atoms with Crippen molar-refractivity contribution in [2.45, 2.75) is 0 Å². The number of fused-ring (bicyclic) bond motifs is 1. The van der Waals surface area contributed by atoms with Crippen molar-refractivity contribution in [3.05, 3.63) is 54.7 Å². The Balaban J connectivity index is 2.22. The molecule has 0 aliphatic heterocycles. The van der Waals surface area contributed by atoms with Crippen molar-refractivity contribution >= 4 is 5.65 Å². The van der Waals surface area contributed by atoms with E-state index in [1.807, 2.05) is 12.3 Å². The third-order valence-electron chi connectivity index (χ3n) is 2.43. The van der Waals surface area contributed by atoms with Gasteiger partial charge in [-0.05, 0) is 23.8 Å². The monoisotopic (exact) mass is 213 g/mol. The zero-order valence-electron chi connectivity index (χ0n) is 8.34. The predicted molar refractivity (Wildman–Crippen MR) is 58.4 cm³/mol. The molecule has 0 saturated heterocycles. The summed E-state index contributed by atoms with van der Waals surface area (Å²) in [5.41, 5.74) is 2.59. The Labute approximate surface area is 91.2 Å². The lowest BCUT2D eigenvalue weighted by atomic mass is 10.1. The van der Waals surface area contributed by atoms with Gasteiger partial charge in [-0.25, -0.2) is 13.9 Å². The van der Waals surface area contributed by atoms with Crippen LogP contribution >= 0.6 is 0 Å². The first-order chi connectivity index (χ1) is 7.84. The van der Waals surface area contributed by atoms with E-state index >= 15 is 0 Å². The molecule has 0 N–H and O–H groups in total. The first-order valence-electron chi connectivity index (χ1n) is 4.89. The molecule has 4 heteroatoms. The highest BCUT2D eigenvalue weighted by molar-refractivity contribution is 5.76. The molecule has 0 aliphatic rings. The summed E-state index contributed by atoms with van der Waals surface area (Å²) in [4.78, 5) is 4.25. The van der Waals surface area contributed by atoms with Crippen molar-refractivity contribution in [2.75, 3.05) is 0 Å². The SMILES string of the molecule is Fc1ccc(-c2cnn3cccnc23)cc1. The third-order valence-corrected chi connectivity index (χ3v) is 2.43. The smallest absolute Gasteiger partial charge is 0.162 e. The van der Waals surface area contributed by atoms with Gasteiger partial charge in [0, 0.05) is 18.0 Å². The van der Waals surface area contributed by atoms with Crippen LogP contribution in [0.15, 0.2) is 48.9 Å². The molecule has 3 nitrogen and oxygen atoms in total. The van der Waals surface area contributed by atoms with E-state index in [9.17, 15) is 4.39 Å². The minimum Gasteiger partial charge on any atom is -0.236 e. The van der Waals surface area contributed by atoms with Gasteiger partial charge in [0.15, 0.2) is 5.65 Å². The lowest BCUT2D eigenvalue weighted by Crippen LogP contribution is -1.87. The molecule has 0 saturated carbocycles. The Hall–Kier alpha value is -2.23. The van der Waals surface area contributed by atoms with Crippen LogP contribution < -0.4 is 0 Å². The minimum atomic E-state index is -0.242. The fraction of sp³-hybridized carbons (Fsp3) is 0. The van der Waals surface area contributed by atoms with E-state index in [2.05, 4.69) is 10.1 Å². The average molecular weight is 213 g/mol. The second kappa shape index (κ2) is 3.41. The van der Waals surface area contributed by atoms with Gasteiger partial charge < -0.3 is 0 Å². The summed E-state index contributed by atoms with van der Waals surface area (Å²) < 4.78 is 14.5. The highest BCUT2D eigenvalue weighted by atomic mass is 19.1. The van der Waals surface area contributed by atoms with Crippen LogP contribution in [0.4, 0.5) is 4.39 Å². The first kappa shape index (κ1) is 9.03. The molecule has 3 aromatic rings. The van der Waals surface area contributed by atoms with E-state index in [0.717, 1.165) is 16.8 Å². The van der Waals surface area contributed by atoms with E-state index in [1.54, 1.807) is 29.0 Å². The summed E-state index contributed by atoms with van der Waals surface area (Å²) in [6.07, 6.45) is 5.27. The normalized spacial score (nSPS) is 10.8. The van der Waals surface area contributed by atoms with Crippen molar-refractivity contribution in [3.8, 4) is 11.1 Å². The predicted octanol–water partition coefficient (Wildman–Crippen LogP) is 2.54. The first-order valence-corrected chi connectivity index (χ1v) is 4.89. The lowest BCUT2D eigenvalue weighted by molar-refractivity contribution is 0.628. The second-order valence-electron chi connectivity index (χ2n) is 3.45. The second-order valence-corrected chi connectivity index (χ2v) is 3.45. The standard InChI is InChI=1S/C12H8FN3/c13-10-4-2-9(3-5-10)11-8-15-16-7-1-6-14-12(11)16/h1-8H. The van der Waals surface area contributed by atoms with Crippen LogP contribution in [0, 0.1) is 5.82 Å². The summed E-state index contributed by atoms with van der Waals surface area (Å²) in [5.74, 6) is -0.242. The summed E-state index contributed by atoms with van der Waals surface area (Å²) in [6, 6.07) is 8.13. The van der Waals surface area contributed by atoms with Crippen molar-refractivity contribution < 1.29 is 4.39 Å². The van der Waals surface area contributed by atoms with Crippen LogP contribution in [-0.4, -0.2) is 14.6 Å². The van der Waals surface area contributed by atoms with Crippen molar-refractivity contribution in [1.82, 2.24) is 14.6 Å². The Kier molecular flexibility index (Phi) is 1.93. The average Bonchev–Trinajstić information content (AvgIpc) is 2.74. The highest BCUT2D eigenvalue weighted by Crippen LogP contribution is 2.22. The van der Waals surface area contributed by atoms with Gasteiger partial charge in [0.2, 0.25) is 0 Å². The van der Waals surface area contributed by atoms with Crippen LogP contribution in [0.2, 0.25) is 0 Å². The largest absolute Gasteiger partial charge is 0.236 e. The number of hydrogen-bond donors (Lipinski definition) is 0. The molecule has 3 rings (SSSR count). The molecule has 1 aromatic carbocycles. The summed E-state index contributed by atoms with van der Waals surface area (Å²) >= 11 is 0. The number of aromatic nitrogens is 3. The van der Waals surface area contributed by atoms with Gasteiger partial charge in [-0.15, -0.1) is 0 Å². The Morgan fingerprint density at radius 3 is 2.75 bits per heavy atom. The van der Waals surface area contributed by atoms with E-state index in [4.69, 9.17) is 0 Å². The van der Waals surface area contributed by atoms with Gasteiger partial charge in [-0.1, -0.05) is 12.1 Å². The number of benzene rings is 1. The Bertz CT molecular complexity index is 628. The molecule has 2 aromatic heterocycles. The van der Waals surface area contributed by atoms with Gasteiger partial charge in [-0.2, -0.15) is 5.10 Å². The van der Waals surface area contributed by atoms with Gasteiger partial charge in [0.25, 0.3) is 0 Å². The van der Waals surface area contributed by atoms with Crippen LogP contribution in [0.25, 0.3) is 16.8 Å². The molecule has 0 unspecified atom stereocenters. The Morgan fingerprint density at radius 2 is 1.94 bits per heavy atom. The van der Waals surface area contributed by atoms with Crippen molar-refractivity contribution in [3.63, 3.8) is 0 Å². The van der Waals surface area contributed by atoms with E-state index < -0.39 is 0 Å². The maximum Gasteiger partial charge on any atom is 0.162 e. The van der Waals surface area contributed by atoms with Crippen LogP contribution in [0.3, 0.4) is 0 Å². The van der Waals surface area contributed by atoms with E-state index in [-0.39, 0.29) is 5.82 Å². The molecule has 0 spiro atoms. The van der Waals surface area contributed by atoms with Gasteiger partial charge in [0.05, 0.1) is 6.20 Å². The summed E-state index contributed by atoms with van der Waals surface area (Å²) in [5, 5.41) is 4.18. The van der Waals surface area contributed by atoms with Gasteiger partial charge >= 0.3 is 0 Å². The molecular formula is C12H8FN3. The van der Waals surface area contributed by atoms with E-state index in [1.165, 1.54) is 12.1 Å². The number of halogens is 1. The van der Waals surface area contributed by atoms with Crippen LogP contribution in [0.5, 0.6) is 0 Å². The summed E-state index contributed by atoms with van der Waals surface area (Å²) in [7, 11) is 0. The van der Waals surface area contributed by atoms with Crippen molar-refractivity contribution in [1.29, 1.82) is 0 Å². The van der Waals surface area contributed by atoms with Crippen LogP contribution in [-0.2, 0) is 0 Å². The number of hydrogen-bond acceptors (Lipinski definition) is 2. The zero-order chi connectivity index (χ0) is 11.0. The van der Waals surface area contributed by atoms with Gasteiger partial charge in [0.1, 0.15) is 5.82 Å². The van der Waals surface area contributed by atoms with Gasteiger partial charge in [-0.3, -0.25) is 0 Å². The lowest BCUT2D eigenvalue weighted by Gasteiger charge is -1.97. The molecule has 0 fully saturated rings. The van der Waals surface area contributed by atoms with E-state index in [0.29, 0.717) is 0 Å². The molecule has 16 heavy (non-hydrogen) atoms. The maximum absolute atomic E-state index is 12.8. The molecular weight excluding hydrogens is 205 g/mol. The molecule has 0 radical (unpaired) electrons. The number of nitrogens with zero attached hydrogens (tertiary/aromatic N) is 3. The number of rotatable bonds is 1. The molecule has 0 bridgehead atoms. The van der Waals surface area contributed by atoms with Crippen molar-refractivity contribution in [2.24, 2.45) is 0 Å². The van der Waals surface area contributed by atoms with Crippen LogP contribution in [0.1, 0.15) is 0 Å². The quantitative estimate of drug-likeness (QED) is 0.621. The fourth-order valence-corrected chi connectivity index (χ4v) is 1.66. The fourth-order valence-electron chi connectivity index (χ4n) is 1.66. The molecule has 0 amide bonds. The third kappa shape index (κ3) is 1.35. The zero-order valence-corrected chi connectivity index (χ0v) is 8.34. The molecule has 0 atom stereocenters.